The molecule has 0 saturated carbocycles. The van der Waals surface area contributed by atoms with Crippen molar-refractivity contribution < 1.29 is 9.90 Å². The van der Waals surface area contributed by atoms with Crippen LogP contribution in [0.2, 0.25) is 0 Å². The number of anilines is 2. The first-order valence-electron chi connectivity index (χ1n) is 6.31. The highest BCUT2D eigenvalue weighted by Gasteiger charge is 2.37. The third kappa shape index (κ3) is 2.08. The summed E-state index contributed by atoms with van der Waals surface area (Å²) in [5.74, 6) is -0.0780. The van der Waals surface area contributed by atoms with Gasteiger partial charge in [0.05, 0.1) is 24.1 Å². The molecule has 2 atom stereocenters. The van der Waals surface area contributed by atoms with Crippen molar-refractivity contribution in [2.45, 2.75) is 25.1 Å². The van der Waals surface area contributed by atoms with Crippen LogP contribution in [0.1, 0.15) is 12.8 Å². The van der Waals surface area contributed by atoms with Gasteiger partial charge in [0.2, 0.25) is 5.91 Å². The van der Waals surface area contributed by atoms with Crippen molar-refractivity contribution in [3.8, 4) is 0 Å². The first kappa shape index (κ1) is 12.7. The summed E-state index contributed by atoms with van der Waals surface area (Å²) in [6.07, 6.45) is 0.331. The first-order chi connectivity index (χ1) is 9.08. The van der Waals surface area contributed by atoms with Crippen molar-refractivity contribution in [2.75, 3.05) is 23.5 Å². The van der Waals surface area contributed by atoms with Crippen LogP contribution >= 0.6 is 15.9 Å². The second-order valence-corrected chi connectivity index (χ2v) is 5.89. The van der Waals surface area contributed by atoms with Crippen molar-refractivity contribution in [2.24, 2.45) is 0 Å². The molecule has 2 aliphatic heterocycles. The normalized spacial score (nSPS) is 26.4. The molecule has 1 amide bonds. The number of fused-ring (bicyclic) bond motifs is 1. The van der Waals surface area contributed by atoms with Crippen LogP contribution in [0.4, 0.5) is 11.4 Å². The van der Waals surface area contributed by atoms with Gasteiger partial charge in [0, 0.05) is 17.9 Å². The number of carbonyl (C=O) groups is 1. The van der Waals surface area contributed by atoms with Gasteiger partial charge in [-0.05, 0) is 34.5 Å². The molecule has 1 aromatic rings. The summed E-state index contributed by atoms with van der Waals surface area (Å²) in [6.45, 7) is 0.718. The maximum atomic E-state index is 11.3. The lowest BCUT2D eigenvalue weighted by atomic mass is 10.0. The van der Waals surface area contributed by atoms with Gasteiger partial charge in [-0.15, -0.1) is 0 Å². The number of para-hydroxylation sites is 1. The van der Waals surface area contributed by atoms with Gasteiger partial charge in [-0.2, -0.15) is 0 Å². The van der Waals surface area contributed by atoms with E-state index in [4.69, 9.17) is 0 Å². The number of hydrogen-bond acceptors (Lipinski definition) is 4. The van der Waals surface area contributed by atoms with Crippen LogP contribution in [0.5, 0.6) is 0 Å². The average molecular weight is 326 g/mol. The summed E-state index contributed by atoms with van der Waals surface area (Å²) in [5.41, 5.74) is 2.23. The molecule has 0 aliphatic carbocycles. The number of nitrogens with zero attached hydrogens (tertiary/aromatic N) is 2. The van der Waals surface area contributed by atoms with E-state index in [0.717, 1.165) is 22.5 Å². The summed E-state index contributed by atoms with van der Waals surface area (Å²) in [6, 6.07) is 5.98. The van der Waals surface area contributed by atoms with Crippen molar-refractivity contribution in [1.82, 2.24) is 5.32 Å². The van der Waals surface area contributed by atoms with E-state index >= 15 is 0 Å². The maximum absolute atomic E-state index is 11.3. The Balaban J connectivity index is 1.93. The Labute approximate surface area is 120 Å². The molecule has 1 fully saturated rings. The zero-order valence-electron chi connectivity index (χ0n) is 10.6. The lowest BCUT2D eigenvalue weighted by molar-refractivity contribution is -0.127. The molecular formula is C13H16BrN3O2. The van der Waals surface area contributed by atoms with Gasteiger partial charge >= 0.3 is 0 Å². The maximum Gasteiger partial charge on any atom is 0.222 e. The quantitative estimate of drug-likeness (QED) is 0.816. The Morgan fingerprint density at radius 2 is 2.26 bits per heavy atom. The standard InChI is InChI=1S/C13H16BrN3O2/c1-16-7-17(9-4-2-3-8(14)12(9)16)10-5-6-11(18)15-13(10)19/h2-4,10,13,19H,5-7H2,1H3,(H,15,18). The van der Waals surface area contributed by atoms with Crippen molar-refractivity contribution >= 4 is 33.2 Å². The molecule has 0 aromatic heterocycles. The predicted molar refractivity (Wildman–Crippen MR) is 77.1 cm³/mol. The molecule has 2 N–H and O–H groups in total. The molecule has 2 heterocycles. The van der Waals surface area contributed by atoms with Crippen molar-refractivity contribution in [1.29, 1.82) is 0 Å². The van der Waals surface area contributed by atoms with Gasteiger partial charge in [-0.3, -0.25) is 4.79 Å². The zero-order valence-corrected chi connectivity index (χ0v) is 12.2. The summed E-state index contributed by atoms with van der Waals surface area (Å²) < 4.78 is 1.05. The zero-order chi connectivity index (χ0) is 13.6. The third-order valence-corrected chi connectivity index (χ3v) is 4.40. The lowest BCUT2D eigenvalue weighted by Crippen LogP contribution is -2.56. The molecule has 0 bridgehead atoms. The number of aliphatic hydroxyl groups is 1. The third-order valence-electron chi connectivity index (χ3n) is 3.76. The predicted octanol–water partition coefficient (Wildman–Crippen LogP) is 1.26. The van der Waals surface area contributed by atoms with E-state index in [9.17, 15) is 9.90 Å². The Hall–Kier alpha value is -1.27. The van der Waals surface area contributed by atoms with Crippen molar-refractivity contribution in [3.05, 3.63) is 22.7 Å². The lowest BCUT2D eigenvalue weighted by Gasteiger charge is -2.36. The molecule has 1 saturated heterocycles. The number of benzene rings is 1. The SMILES string of the molecule is CN1CN(C2CCC(=O)NC2O)c2cccc(Br)c21. The van der Waals surface area contributed by atoms with Crippen LogP contribution in [-0.2, 0) is 4.79 Å². The second-order valence-electron chi connectivity index (χ2n) is 5.04. The van der Waals surface area contributed by atoms with E-state index in [1.165, 1.54) is 0 Å². The molecule has 1 aromatic carbocycles. The van der Waals surface area contributed by atoms with Crippen LogP contribution in [0, 0.1) is 0 Å². The van der Waals surface area contributed by atoms with Crippen LogP contribution in [-0.4, -0.2) is 37.0 Å². The minimum atomic E-state index is -0.806. The Morgan fingerprint density at radius 1 is 1.47 bits per heavy atom. The Kier molecular flexibility index (Phi) is 3.14. The van der Waals surface area contributed by atoms with E-state index in [2.05, 4.69) is 31.0 Å². The number of hydrogen-bond donors (Lipinski definition) is 2. The topological polar surface area (TPSA) is 55.8 Å². The molecule has 0 spiro atoms. The highest BCUT2D eigenvalue weighted by Crippen LogP contribution is 2.42. The molecule has 2 aliphatic rings. The highest BCUT2D eigenvalue weighted by atomic mass is 79.9. The summed E-state index contributed by atoms with van der Waals surface area (Å²) >= 11 is 3.56. The first-order valence-corrected chi connectivity index (χ1v) is 7.11. The monoisotopic (exact) mass is 325 g/mol. The minimum absolute atomic E-state index is 0.0734. The fourth-order valence-corrected chi connectivity index (χ4v) is 3.53. The number of amides is 1. The Bertz CT molecular complexity index is 523. The summed E-state index contributed by atoms with van der Waals surface area (Å²) in [4.78, 5) is 15.6. The van der Waals surface area contributed by atoms with Crippen LogP contribution in [0.15, 0.2) is 22.7 Å². The number of aliphatic hydroxyl groups excluding tert-OH is 1. The van der Waals surface area contributed by atoms with Gasteiger partial charge < -0.3 is 20.2 Å². The van der Waals surface area contributed by atoms with Crippen LogP contribution in [0.25, 0.3) is 0 Å². The number of piperidine rings is 1. The molecule has 2 unspecified atom stereocenters. The van der Waals surface area contributed by atoms with E-state index in [1.807, 2.05) is 25.2 Å². The van der Waals surface area contributed by atoms with Gasteiger partial charge in [-0.1, -0.05) is 6.07 Å². The molecule has 0 radical (unpaired) electrons. The molecule has 3 rings (SSSR count). The van der Waals surface area contributed by atoms with Crippen LogP contribution < -0.4 is 15.1 Å². The summed E-state index contributed by atoms with van der Waals surface area (Å²) in [5, 5.41) is 12.7. The minimum Gasteiger partial charge on any atom is -0.372 e. The smallest absolute Gasteiger partial charge is 0.222 e. The fraction of sp³-hybridized carbons (Fsp3) is 0.462. The molecule has 19 heavy (non-hydrogen) atoms. The summed E-state index contributed by atoms with van der Waals surface area (Å²) in [7, 11) is 2.03. The largest absolute Gasteiger partial charge is 0.372 e. The van der Waals surface area contributed by atoms with Gasteiger partial charge in [0.15, 0.2) is 0 Å². The molecule has 6 heteroatoms. The fourth-order valence-electron chi connectivity index (χ4n) is 2.87. The van der Waals surface area contributed by atoms with Gasteiger partial charge in [0.1, 0.15) is 6.23 Å². The van der Waals surface area contributed by atoms with E-state index in [0.29, 0.717) is 12.8 Å². The Morgan fingerprint density at radius 3 is 3.00 bits per heavy atom. The van der Waals surface area contributed by atoms with Gasteiger partial charge in [-0.25, -0.2) is 0 Å². The van der Waals surface area contributed by atoms with E-state index in [1.54, 1.807) is 0 Å². The van der Waals surface area contributed by atoms with E-state index in [-0.39, 0.29) is 11.9 Å². The highest BCUT2D eigenvalue weighted by molar-refractivity contribution is 9.10. The molecule has 102 valence electrons. The molecule has 5 nitrogen and oxygen atoms in total. The van der Waals surface area contributed by atoms with E-state index < -0.39 is 6.23 Å². The molecular weight excluding hydrogens is 310 g/mol. The number of halogens is 1. The van der Waals surface area contributed by atoms with Gasteiger partial charge in [0.25, 0.3) is 0 Å². The number of nitrogens with one attached hydrogen (secondary N) is 1. The van der Waals surface area contributed by atoms with Crippen LogP contribution in [0.3, 0.4) is 0 Å². The number of carbonyl (C=O) groups excluding carboxylic acids is 1. The average Bonchev–Trinajstić information content (AvgIpc) is 2.68. The second kappa shape index (κ2) is 4.68. The van der Waals surface area contributed by atoms with Crippen molar-refractivity contribution in [3.63, 3.8) is 0 Å². The number of rotatable bonds is 1.